The van der Waals surface area contributed by atoms with E-state index in [0.717, 1.165) is 5.56 Å². The van der Waals surface area contributed by atoms with Crippen LogP contribution in [0, 0.1) is 0 Å². The fraction of sp³-hybridized carbons (Fsp3) is 0.222. The summed E-state index contributed by atoms with van der Waals surface area (Å²) in [5, 5.41) is 12.0. The molecule has 0 fully saturated rings. The molecule has 2 aromatic carbocycles. The summed E-state index contributed by atoms with van der Waals surface area (Å²) in [6.45, 7) is 1.96. The quantitative estimate of drug-likeness (QED) is 0.802. The van der Waals surface area contributed by atoms with E-state index >= 15 is 0 Å². The third kappa shape index (κ3) is 4.85. The molecule has 0 unspecified atom stereocenters. The van der Waals surface area contributed by atoms with E-state index in [9.17, 15) is 14.7 Å². The number of amides is 1. The molecule has 1 atom stereocenters. The van der Waals surface area contributed by atoms with Crippen molar-refractivity contribution in [1.82, 2.24) is 5.32 Å². The summed E-state index contributed by atoms with van der Waals surface area (Å²) < 4.78 is 5.03. The molecule has 2 aromatic rings. The number of aromatic hydroxyl groups is 1. The Morgan fingerprint density at radius 3 is 2.35 bits per heavy atom. The van der Waals surface area contributed by atoms with Crippen LogP contribution >= 0.6 is 0 Å². The Morgan fingerprint density at radius 1 is 1.09 bits per heavy atom. The molecule has 0 bridgehead atoms. The molecular weight excluding hydrogens is 294 g/mol. The van der Waals surface area contributed by atoms with Crippen molar-refractivity contribution in [1.29, 1.82) is 0 Å². The van der Waals surface area contributed by atoms with Gasteiger partial charge in [-0.1, -0.05) is 30.3 Å². The van der Waals surface area contributed by atoms with Gasteiger partial charge in [-0.2, -0.15) is 0 Å². The highest BCUT2D eigenvalue weighted by atomic mass is 16.5. The van der Waals surface area contributed by atoms with E-state index in [4.69, 9.17) is 4.74 Å². The Bertz CT molecular complexity index is 652. The maximum absolute atomic E-state index is 12.2. The largest absolute Gasteiger partial charge is 0.508 e. The number of ether oxygens (including phenoxy) is 1. The number of benzene rings is 2. The van der Waals surface area contributed by atoms with Crippen LogP contribution in [0.25, 0.3) is 0 Å². The van der Waals surface area contributed by atoms with Gasteiger partial charge < -0.3 is 15.2 Å². The molecule has 0 aliphatic rings. The summed E-state index contributed by atoms with van der Waals surface area (Å²) in [6, 6.07) is 14.4. The van der Waals surface area contributed by atoms with Crippen molar-refractivity contribution in [2.75, 3.05) is 6.61 Å². The van der Waals surface area contributed by atoms with Crippen LogP contribution in [-0.4, -0.2) is 29.6 Å². The normalized spacial score (nSPS) is 11.5. The summed E-state index contributed by atoms with van der Waals surface area (Å²) in [4.78, 5) is 24.3. The Morgan fingerprint density at radius 2 is 1.74 bits per heavy atom. The number of nitrogens with one attached hydrogen (secondary N) is 1. The summed E-state index contributed by atoms with van der Waals surface area (Å²) in [5.74, 6) is -0.665. The number of hydrogen-bond donors (Lipinski definition) is 2. The molecule has 0 saturated heterocycles. The van der Waals surface area contributed by atoms with Gasteiger partial charge in [0.25, 0.3) is 5.91 Å². The number of carbonyl (C=O) groups is 2. The molecule has 0 spiro atoms. The van der Waals surface area contributed by atoms with E-state index < -0.39 is 12.0 Å². The number of carbonyl (C=O) groups excluding carboxylic acids is 2. The summed E-state index contributed by atoms with van der Waals surface area (Å²) >= 11 is 0. The van der Waals surface area contributed by atoms with Gasteiger partial charge in [-0.05, 0) is 36.8 Å². The maximum atomic E-state index is 12.2. The van der Waals surface area contributed by atoms with E-state index in [1.165, 1.54) is 12.1 Å². The Labute approximate surface area is 134 Å². The molecule has 0 radical (unpaired) electrons. The third-order valence-electron chi connectivity index (χ3n) is 3.29. The van der Waals surface area contributed by atoms with Crippen LogP contribution in [0.5, 0.6) is 5.75 Å². The van der Waals surface area contributed by atoms with Gasteiger partial charge in [0.05, 0.1) is 6.61 Å². The van der Waals surface area contributed by atoms with Crippen molar-refractivity contribution < 1.29 is 19.4 Å². The topological polar surface area (TPSA) is 75.6 Å². The number of hydrogen-bond acceptors (Lipinski definition) is 4. The lowest BCUT2D eigenvalue weighted by molar-refractivity contribution is -0.145. The van der Waals surface area contributed by atoms with E-state index in [0.29, 0.717) is 5.56 Å². The predicted molar refractivity (Wildman–Crippen MR) is 86.1 cm³/mol. The zero-order chi connectivity index (χ0) is 16.7. The minimum Gasteiger partial charge on any atom is -0.508 e. The van der Waals surface area contributed by atoms with Crippen molar-refractivity contribution in [2.45, 2.75) is 19.4 Å². The lowest BCUT2D eigenvalue weighted by Crippen LogP contribution is -2.43. The molecule has 0 heterocycles. The zero-order valence-corrected chi connectivity index (χ0v) is 12.9. The van der Waals surface area contributed by atoms with Gasteiger partial charge in [0.15, 0.2) is 0 Å². The Kier molecular flexibility index (Phi) is 5.74. The number of phenolic OH excluding ortho intramolecular Hbond substituents is 1. The van der Waals surface area contributed by atoms with Crippen molar-refractivity contribution in [3.05, 3.63) is 65.7 Å². The molecule has 5 nitrogen and oxygen atoms in total. The molecule has 5 heteroatoms. The molecule has 0 aromatic heterocycles. The molecule has 2 N–H and O–H groups in total. The zero-order valence-electron chi connectivity index (χ0n) is 12.9. The second-order valence-electron chi connectivity index (χ2n) is 5.01. The fourth-order valence-corrected chi connectivity index (χ4v) is 2.13. The first-order valence-electron chi connectivity index (χ1n) is 7.40. The molecule has 1 amide bonds. The second kappa shape index (κ2) is 7.98. The predicted octanol–water partition coefficient (Wildman–Crippen LogP) is 2.30. The second-order valence-corrected chi connectivity index (χ2v) is 5.01. The Balaban J connectivity index is 2.12. The van der Waals surface area contributed by atoms with Crippen molar-refractivity contribution in [3.63, 3.8) is 0 Å². The molecular formula is C18H19NO4. The van der Waals surface area contributed by atoms with Gasteiger partial charge in [0.1, 0.15) is 11.8 Å². The fourth-order valence-electron chi connectivity index (χ4n) is 2.13. The molecule has 2 rings (SSSR count). The first-order chi connectivity index (χ1) is 11.1. The van der Waals surface area contributed by atoms with Crippen molar-refractivity contribution >= 4 is 11.9 Å². The van der Waals surface area contributed by atoms with Gasteiger partial charge in [0.2, 0.25) is 0 Å². The smallest absolute Gasteiger partial charge is 0.328 e. The van der Waals surface area contributed by atoms with Crippen molar-refractivity contribution in [2.24, 2.45) is 0 Å². The van der Waals surface area contributed by atoms with Crippen LogP contribution < -0.4 is 5.32 Å². The van der Waals surface area contributed by atoms with Gasteiger partial charge in [-0.25, -0.2) is 4.79 Å². The number of phenols is 1. The minimum atomic E-state index is -0.785. The van der Waals surface area contributed by atoms with Crippen LogP contribution in [0.15, 0.2) is 54.6 Å². The summed E-state index contributed by atoms with van der Waals surface area (Å²) in [5.41, 5.74) is 1.29. The minimum absolute atomic E-state index is 0.148. The first kappa shape index (κ1) is 16.5. The number of esters is 1. The van der Waals surface area contributed by atoms with Gasteiger partial charge in [-0.3, -0.25) is 4.79 Å². The van der Waals surface area contributed by atoms with Gasteiger partial charge in [0, 0.05) is 12.0 Å². The average Bonchev–Trinajstić information content (AvgIpc) is 2.57. The van der Waals surface area contributed by atoms with Gasteiger partial charge in [-0.15, -0.1) is 0 Å². The lowest BCUT2D eigenvalue weighted by Gasteiger charge is -2.17. The standard InChI is InChI=1S/C18H19NO4/c1-2-23-18(22)16(12-13-8-10-15(20)11-9-13)19-17(21)14-6-4-3-5-7-14/h3-11,16,20H,2,12H2,1H3,(H,19,21)/t16-/m0/s1. The lowest BCUT2D eigenvalue weighted by atomic mass is 10.1. The first-order valence-corrected chi connectivity index (χ1v) is 7.40. The highest BCUT2D eigenvalue weighted by Crippen LogP contribution is 2.12. The maximum Gasteiger partial charge on any atom is 0.328 e. The van der Waals surface area contributed by atoms with Crippen LogP contribution in [0.1, 0.15) is 22.8 Å². The number of rotatable bonds is 6. The molecule has 120 valence electrons. The van der Waals surface area contributed by atoms with Gasteiger partial charge >= 0.3 is 5.97 Å². The summed E-state index contributed by atoms with van der Waals surface area (Å²) in [6.07, 6.45) is 0.289. The van der Waals surface area contributed by atoms with Crippen LogP contribution in [0.2, 0.25) is 0 Å². The van der Waals surface area contributed by atoms with Crippen LogP contribution in [0.4, 0.5) is 0 Å². The molecule has 23 heavy (non-hydrogen) atoms. The highest BCUT2D eigenvalue weighted by Gasteiger charge is 2.23. The molecule has 0 aliphatic carbocycles. The monoisotopic (exact) mass is 313 g/mol. The van der Waals surface area contributed by atoms with Crippen molar-refractivity contribution in [3.8, 4) is 5.75 Å². The molecule has 0 aliphatic heterocycles. The third-order valence-corrected chi connectivity index (χ3v) is 3.29. The SMILES string of the molecule is CCOC(=O)[C@H](Cc1ccc(O)cc1)NC(=O)c1ccccc1. The van der Waals surface area contributed by atoms with Crippen LogP contribution in [-0.2, 0) is 16.0 Å². The van der Waals surface area contributed by atoms with E-state index in [1.807, 2.05) is 6.07 Å². The van der Waals surface area contributed by atoms with E-state index in [2.05, 4.69) is 5.32 Å². The van der Waals surface area contributed by atoms with E-state index in [1.54, 1.807) is 43.3 Å². The highest BCUT2D eigenvalue weighted by molar-refractivity contribution is 5.96. The molecule has 0 saturated carbocycles. The van der Waals surface area contributed by atoms with Crippen LogP contribution in [0.3, 0.4) is 0 Å². The van der Waals surface area contributed by atoms with E-state index in [-0.39, 0.29) is 24.7 Å². The Hall–Kier alpha value is -2.82. The summed E-state index contributed by atoms with van der Waals surface area (Å²) in [7, 11) is 0. The average molecular weight is 313 g/mol.